The largest absolute Gasteiger partial charge is 0.459 e. The first kappa shape index (κ1) is 23.1. The van der Waals surface area contributed by atoms with E-state index in [9.17, 15) is 9.90 Å². The Morgan fingerprint density at radius 3 is 2.62 bits per heavy atom. The standard InChI is InChI=1S/C28H31NO4S/c30-16-19-10-12-20(13-11-19)17-32-27-15-21(24-18-34-26-9-5-4-8-23(24)26)14-25(33-27)28(31)29-22-6-2-1-3-7-22/h4-5,8-14,18,21-22,27,30H,1-3,6-7,15-17H2,(H,29,31)/t21-,27+/m0/s1. The second-order valence-electron chi connectivity index (χ2n) is 9.20. The summed E-state index contributed by atoms with van der Waals surface area (Å²) in [6.07, 6.45) is 7.73. The summed E-state index contributed by atoms with van der Waals surface area (Å²) in [5.74, 6) is 0.258. The summed E-state index contributed by atoms with van der Waals surface area (Å²) in [6, 6.07) is 16.3. The van der Waals surface area contributed by atoms with Crippen LogP contribution >= 0.6 is 11.3 Å². The van der Waals surface area contributed by atoms with Crippen molar-refractivity contribution in [2.45, 2.75) is 70.0 Å². The van der Waals surface area contributed by atoms with Crippen molar-refractivity contribution in [3.8, 4) is 0 Å². The molecule has 34 heavy (non-hydrogen) atoms. The molecule has 2 atom stereocenters. The number of thiophene rings is 1. The number of aliphatic hydroxyl groups is 1. The van der Waals surface area contributed by atoms with Crippen LogP contribution in [0.4, 0.5) is 0 Å². The second kappa shape index (κ2) is 10.7. The van der Waals surface area contributed by atoms with Gasteiger partial charge in [-0.1, -0.05) is 61.7 Å². The van der Waals surface area contributed by atoms with Crippen LogP contribution in [-0.2, 0) is 27.5 Å². The van der Waals surface area contributed by atoms with Crippen LogP contribution in [0.3, 0.4) is 0 Å². The average Bonchev–Trinajstić information content (AvgIpc) is 3.32. The number of nitrogens with one attached hydrogen (secondary N) is 1. The lowest BCUT2D eigenvalue weighted by atomic mass is 9.92. The number of benzene rings is 2. The van der Waals surface area contributed by atoms with Crippen molar-refractivity contribution in [3.05, 3.63) is 82.4 Å². The Balaban J connectivity index is 1.35. The Morgan fingerprint density at radius 2 is 1.82 bits per heavy atom. The normalized spacial score (nSPS) is 21.1. The highest BCUT2D eigenvalue weighted by atomic mass is 32.1. The molecule has 2 aromatic carbocycles. The first-order chi connectivity index (χ1) is 16.7. The van der Waals surface area contributed by atoms with E-state index in [0.29, 0.717) is 18.8 Å². The van der Waals surface area contributed by atoms with Gasteiger partial charge in [-0.05, 0) is 52.4 Å². The van der Waals surface area contributed by atoms with E-state index in [1.54, 1.807) is 11.3 Å². The molecule has 6 heteroatoms. The lowest BCUT2D eigenvalue weighted by molar-refractivity contribution is -0.150. The molecule has 0 unspecified atom stereocenters. The van der Waals surface area contributed by atoms with Gasteiger partial charge in [-0.3, -0.25) is 4.79 Å². The topological polar surface area (TPSA) is 67.8 Å². The molecule has 1 aliphatic heterocycles. The monoisotopic (exact) mass is 477 g/mol. The van der Waals surface area contributed by atoms with Crippen molar-refractivity contribution in [2.24, 2.45) is 0 Å². The number of amides is 1. The molecule has 0 spiro atoms. The second-order valence-corrected chi connectivity index (χ2v) is 10.1. The fourth-order valence-electron chi connectivity index (χ4n) is 4.85. The first-order valence-corrected chi connectivity index (χ1v) is 13.0. The van der Waals surface area contributed by atoms with E-state index < -0.39 is 6.29 Å². The number of fused-ring (bicyclic) bond motifs is 1. The minimum absolute atomic E-state index is 0.0212. The fraction of sp³-hybridized carbons (Fsp3) is 0.393. The van der Waals surface area contributed by atoms with Gasteiger partial charge in [0.15, 0.2) is 5.76 Å². The zero-order chi connectivity index (χ0) is 23.3. The van der Waals surface area contributed by atoms with Gasteiger partial charge in [0.2, 0.25) is 6.29 Å². The molecule has 1 amide bonds. The van der Waals surface area contributed by atoms with E-state index in [1.807, 2.05) is 30.3 Å². The molecular formula is C28H31NO4S. The molecule has 1 saturated carbocycles. The van der Waals surface area contributed by atoms with E-state index in [1.165, 1.54) is 22.1 Å². The van der Waals surface area contributed by atoms with Gasteiger partial charge < -0.3 is 19.9 Å². The molecule has 5 nitrogen and oxygen atoms in total. The van der Waals surface area contributed by atoms with Crippen LogP contribution in [-0.4, -0.2) is 23.3 Å². The van der Waals surface area contributed by atoms with Crippen molar-refractivity contribution < 1.29 is 19.4 Å². The lowest BCUT2D eigenvalue weighted by Gasteiger charge is -2.30. The number of carbonyl (C=O) groups excluding carboxylic acids is 1. The first-order valence-electron chi connectivity index (χ1n) is 12.2. The lowest BCUT2D eigenvalue weighted by Crippen LogP contribution is -2.39. The quantitative estimate of drug-likeness (QED) is 0.453. The summed E-state index contributed by atoms with van der Waals surface area (Å²) in [4.78, 5) is 13.2. The molecule has 1 aromatic heterocycles. The molecular weight excluding hydrogens is 446 g/mol. The summed E-state index contributed by atoms with van der Waals surface area (Å²) < 4.78 is 13.5. The summed E-state index contributed by atoms with van der Waals surface area (Å²) in [5, 5.41) is 15.9. The fourth-order valence-corrected chi connectivity index (χ4v) is 5.88. The van der Waals surface area contributed by atoms with Crippen molar-refractivity contribution in [2.75, 3.05) is 0 Å². The van der Waals surface area contributed by atoms with Gasteiger partial charge >= 0.3 is 0 Å². The van der Waals surface area contributed by atoms with E-state index in [-0.39, 0.29) is 24.5 Å². The summed E-state index contributed by atoms with van der Waals surface area (Å²) in [7, 11) is 0. The van der Waals surface area contributed by atoms with Crippen LogP contribution in [0.15, 0.2) is 65.7 Å². The molecule has 178 valence electrons. The van der Waals surface area contributed by atoms with Crippen LogP contribution in [0.1, 0.15) is 61.1 Å². The molecule has 5 rings (SSSR count). The Morgan fingerprint density at radius 1 is 1.06 bits per heavy atom. The Bertz CT molecular complexity index is 1150. The highest BCUT2D eigenvalue weighted by molar-refractivity contribution is 7.17. The maximum Gasteiger partial charge on any atom is 0.286 e. The van der Waals surface area contributed by atoms with Crippen molar-refractivity contribution in [1.82, 2.24) is 5.32 Å². The summed E-state index contributed by atoms with van der Waals surface area (Å²) >= 11 is 1.73. The molecule has 1 fully saturated rings. The summed E-state index contributed by atoms with van der Waals surface area (Å²) in [6.45, 7) is 0.401. The number of carbonyl (C=O) groups is 1. The Hall–Kier alpha value is -2.67. The van der Waals surface area contributed by atoms with Crippen LogP contribution in [0, 0.1) is 0 Å². The minimum atomic E-state index is -0.515. The van der Waals surface area contributed by atoms with Gasteiger partial charge in [0.1, 0.15) is 0 Å². The number of allylic oxidation sites excluding steroid dienone is 1. The van der Waals surface area contributed by atoms with Crippen molar-refractivity contribution in [1.29, 1.82) is 0 Å². The van der Waals surface area contributed by atoms with Crippen LogP contribution in [0.25, 0.3) is 10.1 Å². The van der Waals surface area contributed by atoms with Crippen LogP contribution in [0.5, 0.6) is 0 Å². The van der Waals surface area contributed by atoms with Crippen LogP contribution < -0.4 is 5.32 Å². The van der Waals surface area contributed by atoms with Gasteiger partial charge in [0, 0.05) is 23.1 Å². The van der Waals surface area contributed by atoms with E-state index in [4.69, 9.17) is 9.47 Å². The minimum Gasteiger partial charge on any atom is -0.459 e. The van der Waals surface area contributed by atoms with Gasteiger partial charge in [0.05, 0.1) is 13.2 Å². The zero-order valence-corrected chi connectivity index (χ0v) is 20.1. The van der Waals surface area contributed by atoms with Gasteiger partial charge in [0.25, 0.3) is 5.91 Å². The third-order valence-corrected chi connectivity index (χ3v) is 7.76. The predicted octanol–water partition coefficient (Wildman–Crippen LogP) is 5.77. The maximum atomic E-state index is 13.2. The molecule has 2 aliphatic rings. The third kappa shape index (κ3) is 5.35. The third-order valence-electron chi connectivity index (χ3n) is 6.77. The van der Waals surface area contributed by atoms with Crippen LogP contribution in [0.2, 0.25) is 0 Å². The number of aliphatic hydroxyl groups excluding tert-OH is 1. The van der Waals surface area contributed by atoms with Gasteiger partial charge in [-0.15, -0.1) is 11.3 Å². The highest BCUT2D eigenvalue weighted by Crippen LogP contribution is 2.38. The molecule has 2 heterocycles. The van der Waals surface area contributed by atoms with Gasteiger partial charge in [-0.2, -0.15) is 0 Å². The zero-order valence-electron chi connectivity index (χ0n) is 19.2. The Kier molecular flexibility index (Phi) is 7.28. The molecule has 1 aliphatic carbocycles. The number of hydrogen-bond acceptors (Lipinski definition) is 5. The maximum absolute atomic E-state index is 13.2. The van der Waals surface area contributed by atoms with Crippen molar-refractivity contribution in [3.63, 3.8) is 0 Å². The van der Waals surface area contributed by atoms with E-state index in [0.717, 1.165) is 36.8 Å². The van der Waals surface area contributed by atoms with Gasteiger partial charge in [-0.25, -0.2) is 0 Å². The number of rotatable bonds is 7. The Labute approximate surface area is 204 Å². The SMILES string of the molecule is O=C(NC1CCCCC1)C1=C[C@H](c2csc3ccccc23)C[C@H](OCc2ccc(CO)cc2)O1. The molecule has 0 bridgehead atoms. The number of hydrogen-bond donors (Lipinski definition) is 2. The summed E-state index contributed by atoms with van der Waals surface area (Å²) in [5.41, 5.74) is 3.08. The average molecular weight is 478 g/mol. The van der Waals surface area contributed by atoms with Crippen molar-refractivity contribution >= 4 is 27.3 Å². The molecule has 2 N–H and O–H groups in total. The number of ether oxygens (including phenoxy) is 2. The smallest absolute Gasteiger partial charge is 0.286 e. The predicted molar refractivity (Wildman–Crippen MR) is 134 cm³/mol. The molecule has 3 aromatic rings. The van der Waals surface area contributed by atoms with E-state index >= 15 is 0 Å². The molecule has 0 saturated heterocycles. The van der Waals surface area contributed by atoms with E-state index in [2.05, 4.69) is 35.0 Å². The molecule has 0 radical (unpaired) electrons. The highest BCUT2D eigenvalue weighted by Gasteiger charge is 2.31.